The van der Waals surface area contributed by atoms with Crippen LogP contribution in [0.15, 0.2) is 18.5 Å². The summed E-state index contributed by atoms with van der Waals surface area (Å²) in [5, 5.41) is 3.38. The molecule has 0 radical (unpaired) electrons. The summed E-state index contributed by atoms with van der Waals surface area (Å²) in [5.41, 5.74) is 1.43. The fraction of sp³-hybridized carbons (Fsp3) is 0.600. The number of hydrogen-bond donors (Lipinski definition) is 1. The maximum Gasteiger partial charge on any atom is 0.0361 e. The van der Waals surface area contributed by atoms with Crippen LogP contribution in [0.4, 0.5) is 0 Å². The lowest BCUT2D eigenvalue weighted by Crippen LogP contribution is -2.17. The van der Waals surface area contributed by atoms with Crippen molar-refractivity contribution in [1.82, 2.24) is 9.88 Å². The van der Waals surface area contributed by atoms with E-state index in [4.69, 9.17) is 0 Å². The second-order valence-corrected chi connectivity index (χ2v) is 3.71. The maximum absolute atomic E-state index is 3.38. The smallest absolute Gasteiger partial charge is 0.0361 e. The van der Waals surface area contributed by atoms with Crippen molar-refractivity contribution in [2.24, 2.45) is 13.0 Å². The van der Waals surface area contributed by atoms with Crippen LogP contribution in [0.25, 0.3) is 0 Å². The Morgan fingerprint density at radius 2 is 2.33 bits per heavy atom. The topological polar surface area (TPSA) is 17.0 Å². The zero-order valence-corrected chi connectivity index (χ0v) is 7.75. The van der Waals surface area contributed by atoms with Gasteiger partial charge in [-0.25, -0.2) is 0 Å². The number of rotatable bonds is 3. The molecule has 1 aliphatic carbocycles. The number of hydrogen-bond acceptors (Lipinski definition) is 1. The molecule has 66 valence electrons. The third-order valence-electron chi connectivity index (χ3n) is 2.62. The van der Waals surface area contributed by atoms with E-state index < -0.39 is 0 Å². The monoisotopic (exact) mass is 164 g/mol. The normalized spacial score (nSPS) is 19.5. The highest BCUT2D eigenvalue weighted by Gasteiger charge is 2.31. The van der Waals surface area contributed by atoms with Crippen molar-refractivity contribution in [3.05, 3.63) is 24.0 Å². The zero-order chi connectivity index (χ0) is 8.55. The van der Waals surface area contributed by atoms with Gasteiger partial charge in [0.25, 0.3) is 0 Å². The molecule has 1 saturated carbocycles. The van der Waals surface area contributed by atoms with Gasteiger partial charge in [-0.15, -0.1) is 0 Å². The second-order valence-electron chi connectivity index (χ2n) is 3.71. The first kappa shape index (κ1) is 7.87. The van der Waals surface area contributed by atoms with Crippen molar-refractivity contribution >= 4 is 0 Å². The van der Waals surface area contributed by atoms with Crippen LogP contribution in [0.3, 0.4) is 0 Å². The summed E-state index contributed by atoms with van der Waals surface area (Å²) in [6, 6.07) is 2.80. The number of nitrogens with one attached hydrogen (secondary N) is 1. The summed E-state index contributed by atoms with van der Waals surface area (Å²) in [6.07, 6.45) is 7.10. The van der Waals surface area contributed by atoms with Crippen LogP contribution in [0.2, 0.25) is 0 Å². The van der Waals surface area contributed by atoms with Gasteiger partial charge in [0.2, 0.25) is 0 Å². The third kappa shape index (κ3) is 1.39. The van der Waals surface area contributed by atoms with Gasteiger partial charge in [0.05, 0.1) is 0 Å². The molecule has 2 heteroatoms. The van der Waals surface area contributed by atoms with Crippen molar-refractivity contribution in [3.8, 4) is 0 Å². The van der Waals surface area contributed by atoms with Crippen molar-refractivity contribution in [2.45, 2.75) is 18.9 Å². The SMILES string of the molecule is CNC(c1ccn(C)c1)C1CC1. The van der Waals surface area contributed by atoms with Gasteiger partial charge in [0, 0.05) is 25.5 Å². The minimum absolute atomic E-state index is 0.589. The van der Waals surface area contributed by atoms with Gasteiger partial charge in [-0.2, -0.15) is 0 Å². The van der Waals surface area contributed by atoms with E-state index in [1.54, 1.807) is 0 Å². The van der Waals surface area contributed by atoms with E-state index in [1.807, 2.05) is 0 Å². The highest BCUT2D eigenvalue weighted by molar-refractivity contribution is 5.17. The van der Waals surface area contributed by atoms with Crippen LogP contribution in [0, 0.1) is 5.92 Å². The van der Waals surface area contributed by atoms with Crippen LogP contribution >= 0.6 is 0 Å². The molecule has 1 heterocycles. The quantitative estimate of drug-likeness (QED) is 0.719. The van der Waals surface area contributed by atoms with E-state index in [1.165, 1.54) is 18.4 Å². The fourth-order valence-electron chi connectivity index (χ4n) is 1.81. The lowest BCUT2D eigenvalue weighted by atomic mass is 10.1. The Morgan fingerprint density at radius 1 is 1.58 bits per heavy atom. The average Bonchev–Trinajstić information content (AvgIpc) is 2.78. The first-order chi connectivity index (χ1) is 5.81. The van der Waals surface area contributed by atoms with E-state index in [0.29, 0.717) is 6.04 Å². The summed E-state index contributed by atoms with van der Waals surface area (Å²) in [5.74, 6) is 0.886. The molecule has 0 aliphatic heterocycles. The lowest BCUT2D eigenvalue weighted by molar-refractivity contribution is 0.528. The van der Waals surface area contributed by atoms with Crippen LogP contribution in [0.5, 0.6) is 0 Å². The standard InChI is InChI=1S/C10H16N2/c1-11-10(8-3-4-8)9-5-6-12(2)7-9/h5-8,10-11H,3-4H2,1-2H3. The summed E-state index contributed by atoms with van der Waals surface area (Å²) in [6.45, 7) is 0. The summed E-state index contributed by atoms with van der Waals surface area (Å²) in [4.78, 5) is 0. The predicted molar refractivity (Wildman–Crippen MR) is 49.9 cm³/mol. The van der Waals surface area contributed by atoms with E-state index in [-0.39, 0.29) is 0 Å². The Labute approximate surface area is 73.6 Å². The molecule has 0 aromatic carbocycles. The van der Waals surface area contributed by atoms with E-state index in [0.717, 1.165) is 5.92 Å². The van der Waals surface area contributed by atoms with Gasteiger partial charge in [0.15, 0.2) is 0 Å². The molecule has 1 N–H and O–H groups in total. The molecule has 1 atom stereocenters. The first-order valence-corrected chi connectivity index (χ1v) is 4.60. The first-order valence-electron chi connectivity index (χ1n) is 4.60. The minimum atomic E-state index is 0.589. The van der Waals surface area contributed by atoms with Gasteiger partial charge in [0.1, 0.15) is 0 Å². The van der Waals surface area contributed by atoms with Gasteiger partial charge < -0.3 is 9.88 Å². The number of aryl methyl sites for hydroxylation is 1. The molecule has 12 heavy (non-hydrogen) atoms. The molecule has 0 spiro atoms. The Bertz CT molecular complexity index is 261. The largest absolute Gasteiger partial charge is 0.357 e. The Morgan fingerprint density at radius 3 is 2.75 bits per heavy atom. The summed E-state index contributed by atoms with van der Waals surface area (Å²) < 4.78 is 2.11. The van der Waals surface area contributed by atoms with Crippen LogP contribution in [-0.2, 0) is 7.05 Å². The molecule has 0 amide bonds. The maximum atomic E-state index is 3.38. The minimum Gasteiger partial charge on any atom is -0.357 e. The summed E-state index contributed by atoms with van der Waals surface area (Å²) in [7, 11) is 4.12. The molecular weight excluding hydrogens is 148 g/mol. The van der Waals surface area contributed by atoms with Gasteiger partial charge in [-0.1, -0.05) is 0 Å². The number of aromatic nitrogens is 1. The van der Waals surface area contributed by atoms with Crippen molar-refractivity contribution < 1.29 is 0 Å². The van der Waals surface area contributed by atoms with Gasteiger partial charge in [-0.05, 0) is 37.4 Å². The van der Waals surface area contributed by atoms with Gasteiger partial charge in [-0.3, -0.25) is 0 Å². The average molecular weight is 164 g/mol. The highest BCUT2D eigenvalue weighted by Crippen LogP contribution is 2.40. The van der Waals surface area contributed by atoms with E-state index in [9.17, 15) is 0 Å². The number of nitrogens with zero attached hydrogens (tertiary/aromatic N) is 1. The van der Waals surface area contributed by atoms with Crippen molar-refractivity contribution in [2.75, 3.05) is 7.05 Å². The molecular formula is C10H16N2. The second kappa shape index (κ2) is 2.94. The Balaban J connectivity index is 2.15. The van der Waals surface area contributed by atoms with Crippen LogP contribution in [-0.4, -0.2) is 11.6 Å². The molecule has 2 nitrogen and oxygen atoms in total. The van der Waals surface area contributed by atoms with Crippen molar-refractivity contribution in [3.63, 3.8) is 0 Å². The van der Waals surface area contributed by atoms with E-state index >= 15 is 0 Å². The molecule has 0 bridgehead atoms. The predicted octanol–water partition coefficient (Wildman–Crippen LogP) is 1.70. The highest BCUT2D eigenvalue weighted by atomic mass is 14.9. The summed E-state index contributed by atoms with van der Waals surface area (Å²) >= 11 is 0. The Hall–Kier alpha value is -0.760. The van der Waals surface area contributed by atoms with Crippen LogP contribution < -0.4 is 5.32 Å². The molecule has 2 rings (SSSR count). The molecule has 1 fully saturated rings. The van der Waals surface area contributed by atoms with Crippen LogP contribution in [0.1, 0.15) is 24.4 Å². The van der Waals surface area contributed by atoms with Crippen molar-refractivity contribution in [1.29, 1.82) is 0 Å². The Kier molecular flexibility index (Phi) is 1.93. The third-order valence-corrected chi connectivity index (χ3v) is 2.62. The molecule has 0 saturated heterocycles. The molecule has 1 aliphatic rings. The van der Waals surface area contributed by atoms with E-state index in [2.05, 4.69) is 42.4 Å². The molecule has 1 aromatic rings. The lowest BCUT2D eigenvalue weighted by Gasteiger charge is -2.12. The molecule has 1 aromatic heterocycles. The van der Waals surface area contributed by atoms with Gasteiger partial charge >= 0.3 is 0 Å². The molecule has 1 unspecified atom stereocenters. The fourth-order valence-corrected chi connectivity index (χ4v) is 1.81. The zero-order valence-electron chi connectivity index (χ0n) is 7.75.